The second-order valence-corrected chi connectivity index (χ2v) is 8.18. The molecule has 3 aromatic rings. The van der Waals surface area contributed by atoms with Crippen molar-refractivity contribution >= 4 is 35.0 Å². The van der Waals surface area contributed by atoms with Crippen LogP contribution in [0.3, 0.4) is 0 Å². The zero-order chi connectivity index (χ0) is 24.0. The molecule has 172 valence electrons. The molecule has 0 aliphatic rings. The highest BCUT2D eigenvalue weighted by atomic mass is 32.2. The van der Waals surface area contributed by atoms with Crippen LogP contribution in [0.15, 0.2) is 53.7 Å². The second kappa shape index (κ2) is 10.7. The smallest absolute Gasteiger partial charge is 0.269 e. The highest BCUT2D eigenvalue weighted by molar-refractivity contribution is 7.99. The molecule has 11 heteroatoms. The largest absolute Gasteiger partial charge is 0.342 e. The van der Waals surface area contributed by atoms with Crippen molar-refractivity contribution in [3.05, 3.63) is 75.6 Å². The summed E-state index contributed by atoms with van der Waals surface area (Å²) in [4.78, 5) is 35.2. The minimum absolute atomic E-state index is 0.0467. The molecule has 0 bridgehead atoms. The number of nitro benzene ring substituents is 1. The Kier molecular flexibility index (Phi) is 7.78. The van der Waals surface area contributed by atoms with Gasteiger partial charge < -0.3 is 15.2 Å². The molecule has 2 N–H and O–H groups in total. The van der Waals surface area contributed by atoms with Crippen molar-refractivity contribution in [1.29, 1.82) is 0 Å². The van der Waals surface area contributed by atoms with Crippen LogP contribution in [0.2, 0.25) is 0 Å². The van der Waals surface area contributed by atoms with E-state index < -0.39 is 4.92 Å². The predicted octanol–water partition coefficient (Wildman–Crippen LogP) is 3.74. The van der Waals surface area contributed by atoms with Crippen LogP contribution < -0.4 is 10.6 Å². The molecule has 0 radical (unpaired) electrons. The molecule has 3 rings (SSSR count). The van der Waals surface area contributed by atoms with E-state index in [9.17, 15) is 19.7 Å². The maximum Gasteiger partial charge on any atom is 0.269 e. The highest BCUT2D eigenvalue weighted by Gasteiger charge is 2.20. The van der Waals surface area contributed by atoms with Gasteiger partial charge in [-0.15, -0.1) is 10.2 Å². The van der Waals surface area contributed by atoms with Crippen LogP contribution in [0, 0.1) is 17.0 Å². The first-order valence-corrected chi connectivity index (χ1v) is 11.3. The lowest BCUT2D eigenvalue weighted by atomic mass is 10.1. The molecule has 0 fully saturated rings. The van der Waals surface area contributed by atoms with E-state index in [1.54, 1.807) is 6.07 Å². The summed E-state index contributed by atoms with van der Waals surface area (Å²) in [6.45, 7) is 6.22. The van der Waals surface area contributed by atoms with Crippen molar-refractivity contribution in [3.63, 3.8) is 0 Å². The molecule has 1 aromatic heterocycles. The van der Waals surface area contributed by atoms with Gasteiger partial charge in [0.15, 0.2) is 11.0 Å². The molecule has 0 aliphatic carbocycles. The van der Waals surface area contributed by atoms with Crippen molar-refractivity contribution in [2.24, 2.45) is 0 Å². The van der Waals surface area contributed by atoms with Crippen LogP contribution in [-0.2, 0) is 11.3 Å². The Hall–Kier alpha value is -3.73. The number of non-ortho nitro benzene ring substituents is 1. The summed E-state index contributed by atoms with van der Waals surface area (Å²) >= 11 is 1.22. The summed E-state index contributed by atoms with van der Waals surface area (Å²) in [5.74, 6) is 0.210. The number of carbonyl (C=O) groups is 2. The van der Waals surface area contributed by atoms with Crippen molar-refractivity contribution in [1.82, 2.24) is 20.1 Å². The SMILES string of the molecule is CCn1c(SCC(=O)Nc2ccc([N+](=O)[O-])cc2)nnc1C(C)NC(=O)c1ccccc1C. The lowest BCUT2D eigenvalue weighted by Gasteiger charge is -2.16. The fourth-order valence-corrected chi connectivity index (χ4v) is 3.99. The molecule has 10 nitrogen and oxygen atoms in total. The highest BCUT2D eigenvalue weighted by Crippen LogP contribution is 2.22. The average molecular weight is 469 g/mol. The summed E-state index contributed by atoms with van der Waals surface area (Å²) in [7, 11) is 0. The number of aromatic nitrogens is 3. The van der Waals surface area contributed by atoms with Crippen molar-refractivity contribution in [2.75, 3.05) is 11.1 Å². The van der Waals surface area contributed by atoms with Crippen LogP contribution >= 0.6 is 11.8 Å². The van der Waals surface area contributed by atoms with E-state index in [0.29, 0.717) is 28.8 Å². The van der Waals surface area contributed by atoms with Crippen LogP contribution in [0.1, 0.15) is 41.6 Å². The van der Waals surface area contributed by atoms with E-state index in [2.05, 4.69) is 20.8 Å². The summed E-state index contributed by atoms with van der Waals surface area (Å²) in [5.41, 5.74) is 1.91. The number of nitro groups is 1. The Morgan fingerprint density at radius 2 is 1.85 bits per heavy atom. The minimum Gasteiger partial charge on any atom is -0.342 e. The molecular weight excluding hydrogens is 444 g/mol. The Morgan fingerprint density at radius 1 is 1.15 bits per heavy atom. The zero-order valence-corrected chi connectivity index (χ0v) is 19.3. The standard InChI is InChI=1S/C22H24N6O4S/c1-4-27-20(15(3)23-21(30)18-8-6-5-7-14(18)2)25-26-22(27)33-13-19(29)24-16-9-11-17(12-10-16)28(31)32/h5-12,15H,4,13H2,1-3H3,(H,23,30)(H,24,29). The van der Waals surface area contributed by atoms with Crippen LogP contribution in [-0.4, -0.2) is 37.3 Å². The number of hydrogen-bond acceptors (Lipinski definition) is 7. The van der Waals surface area contributed by atoms with Crippen molar-refractivity contribution in [3.8, 4) is 0 Å². The number of rotatable bonds is 9. The lowest BCUT2D eigenvalue weighted by Crippen LogP contribution is -2.29. The minimum atomic E-state index is -0.499. The van der Waals surface area contributed by atoms with Gasteiger partial charge in [-0.1, -0.05) is 30.0 Å². The second-order valence-electron chi connectivity index (χ2n) is 7.24. The van der Waals surface area contributed by atoms with Gasteiger partial charge in [0.05, 0.1) is 16.7 Å². The number of aryl methyl sites for hydroxylation is 1. The molecule has 33 heavy (non-hydrogen) atoms. The van der Waals surface area contributed by atoms with Gasteiger partial charge in [0.25, 0.3) is 11.6 Å². The van der Waals surface area contributed by atoms with Gasteiger partial charge in [-0.05, 0) is 44.5 Å². The van der Waals surface area contributed by atoms with E-state index in [1.165, 1.54) is 36.0 Å². The number of hydrogen-bond donors (Lipinski definition) is 2. The number of benzene rings is 2. The van der Waals surface area contributed by atoms with Crippen LogP contribution in [0.5, 0.6) is 0 Å². The number of anilines is 1. The molecule has 2 amide bonds. The molecule has 0 saturated carbocycles. The van der Waals surface area contributed by atoms with Crippen molar-refractivity contribution in [2.45, 2.75) is 38.5 Å². The van der Waals surface area contributed by atoms with Crippen LogP contribution in [0.25, 0.3) is 0 Å². The number of nitrogens with zero attached hydrogens (tertiary/aromatic N) is 4. The Balaban J connectivity index is 1.61. The van der Waals surface area contributed by atoms with Crippen LogP contribution in [0.4, 0.5) is 11.4 Å². The first-order valence-electron chi connectivity index (χ1n) is 10.3. The normalized spacial score (nSPS) is 11.6. The van der Waals surface area contributed by atoms with Crippen molar-refractivity contribution < 1.29 is 14.5 Å². The molecule has 1 atom stereocenters. The number of nitrogens with one attached hydrogen (secondary N) is 2. The fraction of sp³-hybridized carbons (Fsp3) is 0.273. The Morgan fingerprint density at radius 3 is 2.48 bits per heavy atom. The van der Waals surface area contributed by atoms with Gasteiger partial charge in [-0.2, -0.15) is 0 Å². The lowest BCUT2D eigenvalue weighted by molar-refractivity contribution is -0.384. The third kappa shape index (κ3) is 5.95. The monoisotopic (exact) mass is 468 g/mol. The van der Waals surface area contributed by atoms with Gasteiger partial charge in [-0.3, -0.25) is 19.7 Å². The Bertz CT molecular complexity index is 1160. The van der Waals surface area contributed by atoms with Gasteiger partial charge in [-0.25, -0.2) is 0 Å². The third-order valence-corrected chi connectivity index (χ3v) is 5.85. The van der Waals surface area contributed by atoms with Gasteiger partial charge in [0.2, 0.25) is 5.91 Å². The molecular formula is C22H24N6O4S. The number of amides is 2. The maximum absolute atomic E-state index is 12.6. The molecule has 0 spiro atoms. The summed E-state index contributed by atoms with van der Waals surface area (Å²) in [6.07, 6.45) is 0. The van der Waals surface area contributed by atoms with Gasteiger partial charge in [0, 0.05) is 29.9 Å². The maximum atomic E-state index is 12.6. The molecule has 1 heterocycles. The quantitative estimate of drug-likeness (QED) is 0.278. The fourth-order valence-electron chi connectivity index (χ4n) is 3.18. The number of thioether (sulfide) groups is 1. The first-order chi connectivity index (χ1) is 15.8. The van der Waals surface area contributed by atoms with Gasteiger partial charge in [0.1, 0.15) is 0 Å². The summed E-state index contributed by atoms with van der Waals surface area (Å²) < 4.78 is 1.85. The van der Waals surface area contributed by atoms with E-state index in [1.807, 2.05) is 43.5 Å². The average Bonchev–Trinajstić information content (AvgIpc) is 3.21. The van der Waals surface area contributed by atoms with E-state index in [4.69, 9.17) is 0 Å². The van der Waals surface area contributed by atoms with E-state index in [0.717, 1.165) is 5.56 Å². The molecule has 1 unspecified atom stereocenters. The zero-order valence-electron chi connectivity index (χ0n) is 18.4. The topological polar surface area (TPSA) is 132 Å². The number of carbonyl (C=O) groups excluding carboxylic acids is 2. The molecule has 0 saturated heterocycles. The third-order valence-electron chi connectivity index (χ3n) is 4.88. The molecule has 2 aromatic carbocycles. The predicted molar refractivity (Wildman–Crippen MR) is 125 cm³/mol. The summed E-state index contributed by atoms with van der Waals surface area (Å²) in [5, 5.41) is 25.3. The Labute approximate surface area is 194 Å². The van der Waals surface area contributed by atoms with Gasteiger partial charge >= 0.3 is 0 Å². The first kappa shape index (κ1) is 23.9. The van der Waals surface area contributed by atoms with E-state index >= 15 is 0 Å². The summed E-state index contributed by atoms with van der Waals surface area (Å²) in [6, 6.07) is 12.6. The van der Waals surface area contributed by atoms with E-state index in [-0.39, 0.29) is 29.3 Å². The molecule has 0 aliphatic heterocycles.